The topological polar surface area (TPSA) is 58.8 Å². The third kappa shape index (κ3) is 3.58. The van der Waals surface area contributed by atoms with Gasteiger partial charge >= 0.3 is 5.97 Å². The van der Waals surface area contributed by atoms with Gasteiger partial charge in [-0.3, -0.25) is 14.6 Å². The molecule has 0 amide bonds. The Morgan fingerprint density at radius 2 is 2.10 bits per heavy atom. The lowest BCUT2D eigenvalue weighted by Crippen LogP contribution is -2.54. The predicted molar refractivity (Wildman–Crippen MR) is 74.0 cm³/mol. The zero-order valence-electron chi connectivity index (χ0n) is 12.4. The van der Waals surface area contributed by atoms with E-state index in [4.69, 9.17) is 9.26 Å². The summed E-state index contributed by atoms with van der Waals surface area (Å²) in [5.41, 5.74) is 0.951. The van der Waals surface area contributed by atoms with Crippen molar-refractivity contribution in [3.63, 3.8) is 0 Å². The van der Waals surface area contributed by atoms with Crippen LogP contribution in [0.4, 0.5) is 0 Å². The van der Waals surface area contributed by atoms with Crippen LogP contribution in [0.5, 0.6) is 0 Å². The molecule has 1 aromatic heterocycles. The van der Waals surface area contributed by atoms with Crippen LogP contribution in [0.1, 0.15) is 19.5 Å². The fourth-order valence-electron chi connectivity index (χ4n) is 2.71. The first-order valence-corrected chi connectivity index (χ1v) is 7.05. The van der Waals surface area contributed by atoms with Gasteiger partial charge in [-0.2, -0.15) is 0 Å². The van der Waals surface area contributed by atoms with E-state index >= 15 is 0 Å². The summed E-state index contributed by atoms with van der Waals surface area (Å²) < 4.78 is 9.77. The largest absolute Gasteiger partial charge is 0.468 e. The second kappa shape index (κ2) is 6.85. The molecule has 0 aromatic carbocycles. The number of methoxy groups -OCH3 is 1. The van der Waals surface area contributed by atoms with Crippen molar-refractivity contribution in [1.82, 2.24) is 15.0 Å². The Labute approximate surface area is 119 Å². The molecule has 0 saturated carbocycles. The first kappa shape index (κ1) is 15.0. The molecule has 1 aliphatic heterocycles. The highest BCUT2D eigenvalue weighted by atomic mass is 16.5. The molecule has 0 N–H and O–H groups in total. The van der Waals surface area contributed by atoms with E-state index in [9.17, 15) is 4.79 Å². The fourth-order valence-corrected chi connectivity index (χ4v) is 2.71. The average Bonchev–Trinajstić information content (AvgIpc) is 2.93. The molecule has 0 radical (unpaired) electrons. The van der Waals surface area contributed by atoms with Crippen molar-refractivity contribution in [1.29, 1.82) is 0 Å². The van der Waals surface area contributed by atoms with Crippen LogP contribution < -0.4 is 0 Å². The number of carbonyl (C=O) groups is 1. The van der Waals surface area contributed by atoms with E-state index < -0.39 is 0 Å². The number of nitrogens with zero attached hydrogens (tertiary/aromatic N) is 3. The molecule has 1 atom stereocenters. The molecule has 2 rings (SSSR count). The van der Waals surface area contributed by atoms with Gasteiger partial charge in [0.05, 0.1) is 12.8 Å². The van der Waals surface area contributed by atoms with Gasteiger partial charge < -0.3 is 9.26 Å². The number of piperazine rings is 1. The number of carbonyl (C=O) groups excluding carboxylic acids is 1. The second-order valence-corrected chi connectivity index (χ2v) is 5.51. The Balaban J connectivity index is 1.87. The Kier molecular flexibility index (Phi) is 5.14. The third-order valence-corrected chi connectivity index (χ3v) is 3.75. The lowest BCUT2D eigenvalue weighted by Gasteiger charge is -2.39. The average molecular weight is 281 g/mol. The van der Waals surface area contributed by atoms with E-state index in [1.807, 2.05) is 6.07 Å². The van der Waals surface area contributed by atoms with Crippen LogP contribution in [0.15, 0.2) is 16.9 Å². The van der Waals surface area contributed by atoms with E-state index in [1.54, 1.807) is 6.26 Å². The van der Waals surface area contributed by atoms with E-state index in [-0.39, 0.29) is 17.9 Å². The highest BCUT2D eigenvalue weighted by Crippen LogP contribution is 2.16. The Morgan fingerprint density at radius 1 is 1.40 bits per heavy atom. The summed E-state index contributed by atoms with van der Waals surface area (Å²) >= 11 is 0. The number of esters is 1. The number of rotatable bonds is 5. The lowest BCUT2D eigenvalue weighted by atomic mass is 10.0. The van der Waals surface area contributed by atoms with Crippen LogP contribution in [-0.4, -0.2) is 60.3 Å². The molecular formula is C14H23N3O3. The van der Waals surface area contributed by atoms with Crippen molar-refractivity contribution in [2.75, 3.05) is 33.3 Å². The highest BCUT2D eigenvalue weighted by Gasteiger charge is 2.32. The Bertz CT molecular complexity index is 411. The molecule has 1 aliphatic rings. The summed E-state index contributed by atoms with van der Waals surface area (Å²) in [6, 6.07) is 1.74. The molecule has 1 saturated heterocycles. The molecule has 2 heterocycles. The first-order valence-electron chi connectivity index (χ1n) is 7.05. The van der Waals surface area contributed by atoms with Crippen molar-refractivity contribution >= 4 is 5.97 Å². The molecule has 0 unspecified atom stereocenters. The predicted octanol–water partition coefficient (Wildman–Crippen LogP) is 0.990. The summed E-state index contributed by atoms with van der Waals surface area (Å²) in [6.07, 6.45) is 1.59. The van der Waals surface area contributed by atoms with Gasteiger partial charge in [-0.1, -0.05) is 19.0 Å². The number of ether oxygens (including phenoxy) is 1. The summed E-state index contributed by atoms with van der Waals surface area (Å²) in [7, 11) is 1.46. The van der Waals surface area contributed by atoms with Crippen LogP contribution in [0, 0.1) is 5.92 Å². The fraction of sp³-hybridized carbons (Fsp3) is 0.714. The normalized spacial score (nSPS) is 19.2. The molecular weight excluding hydrogens is 258 g/mol. The van der Waals surface area contributed by atoms with Crippen molar-refractivity contribution in [2.45, 2.75) is 26.4 Å². The van der Waals surface area contributed by atoms with Crippen molar-refractivity contribution in [3.05, 3.63) is 18.0 Å². The van der Waals surface area contributed by atoms with E-state index in [2.05, 4.69) is 28.8 Å². The standard InChI is InChI=1S/C14H23N3O3/c1-11(2)13(14(18)19-3)17-7-5-16(6-8-17)10-12-4-9-20-15-12/h4,9,11,13H,5-8,10H2,1-3H3/t13-/m0/s1. The SMILES string of the molecule is COC(=O)[C@H](C(C)C)N1CCN(Cc2ccon2)CC1. The molecule has 0 aliphatic carbocycles. The lowest BCUT2D eigenvalue weighted by molar-refractivity contribution is -0.149. The molecule has 112 valence electrons. The van der Waals surface area contributed by atoms with Crippen molar-refractivity contribution in [2.24, 2.45) is 5.92 Å². The molecule has 6 heteroatoms. The third-order valence-electron chi connectivity index (χ3n) is 3.75. The number of hydrogen-bond donors (Lipinski definition) is 0. The summed E-state index contributed by atoms with van der Waals surface area (Å²) in [6.45, 7) is 8.51. The zero-order valence-corrected chi connectivity index (χ0v) is 12.4. The summed E-state index contributed by atoms with van der Waals surface area (Å²) in [5, 5.41) is 3.93. The number of aromatic nitrogens is 1. The van der Waals surface area contributed by atoms with E-state index in [1.165, 1.54) is 7.11 Å². The quantitative estimate of drug-likeness (QED) is 0.750. The van der Waals surface area contributed by atoms with Gasteiger partial charge in [0.15, 0.2) is 0 Å². The first-order chi connectivity index (χ1) is 9.61. The minimum Gasteiger partial charge on any atom is -0.468 e. The maximum absolute atomic E-state index is 11.9. The monoisotopic (exact) mass is 281 g/mol. The van der Waals surface area contributed by atoms with Crippen LogP contribution >= 0.6 is 0 Å². The van der Waals surface area contributed by atoms with E-state index in [0.717, 1.165) is 38.4 Å². The Hall–Kier alpha value is -1.40. The van der Waals surface area contributed by atoms with Gasteiger partial charge in [0.1, 0.15) is 12.3 Å². The van der Waals surface area contributed by atoms with Gasteiger partial charge in [0.2, 0.25) is 0 Å². The van der Waals surface area contributed by atoms with Crippen LogP contribution in [0.25, 0.3) is 0 Å². The molecule has 1 fully saturated rings. The summed E-state index contributed by atoms with van der Waals surface area (Å²) in [5.74, 6) is 0.120. The minimum absolute atomic E-state index is 0.134. The zero-order chi connectivity index (χ0) is 14.5. The van der Waals surface area contributed by atoms with Crippen LogP contribution in [0.3, 0.4) is 0 Å². The highest BCUT2D eigenvalue weighted by molar-refractivity contribution is 5.76. The minimum atomic E-state index is -0.144. The van der Waals surface area contributed by atoms with Gasteiger partial charge in [0, 0.05) is 38.8 Å². The second-order valence-electron chi connectivity index (χ2n) is 5.51. The molecule has 0 spiro atoms. The maximum Gasteiger partial charge on any atom is 0.323 e. The van der Waals surface area contributed by atoms with E-state index in [0.29, 0.717) is 0 Å². The van der Waals surface area contributed by atoms with Crippen LogP contribution in [-0.2, 0) is 16.1 Å². The molecule has 20 heavy (non-hydrogen) atoms. The van der Waals surface area contributed by atoms with Gasteiger partial charge in [-0.05, 0) is 5.92 Å². The van der Waals surface area contributed by atoms with Gasteiger partial charge in [-0.25, -0.2) is 0 Å². The van der Waals surface area contributed by atoms with Crippen molar-refractivity contribution in [3.8, 4) is 0 Å². The van der Waals surface area contributed by atoms with Gasteiger partial charge in [0.25, 0.3) is 0 Å². The molecule has 0 bridgehead atoms. The number of hydrogen-bond acceptors (Lipinski definition) is 6. The van der Waals surface area contributed by atoms with Crippen LogP contribution in [0.2, 0.25) is 0 Å². The van der Waals surface area contributed by atoms with Crippen molar-refractivity contribution < 1.29 is 14.1 Å². The smallest absolute Gasteiger partial charge is 0.323 e. The molecule has 6 nitrogen and oxygen atoms in total. The molecule has 1 aromatic rings. The van der Waals surface area contributed by atoms with Gasteiger partial charge in [-0.15, -0.1) is 0 Å². The summed E-state index contributed by atoms with van der Waals surface area (Å²) in [4.78, 5) is 16.4. The Morgan fingerprint density at radius 3 is 2.60 bits per heavy atom. The maximum atomic E-state index is 11.9.